The third-order valence-electron chi connectivity index (χ3n) is 5.08. The Kier molecular flexibility index (Phi) is 6.25. The Hall–Kier alpha value is -1.54. The fourth-order valence-electron chi connectivity index (χ4n) is 3.50. The van der Waals surface area contributed by atoms with Crippen LogP contribution in [0.3, 0.4) is 0 Å². The van der Waals surface area contributed by atoms with Gasteiger partial charge in [0.15, 0.2) is 0 Å². The molecule has 0 saturated carbocycles. The molecule has 2 aromatic rings. The molecule has 0 aliphatic carbocycles. The molecular formula is C21H23N3OS3. The average Bonchev–Trinajstić information content (AvgIpc) is 2.75. The zero-order valence-electron chi connectivity index (χ0n) is 15.8. The van der Waals surface area contributed by atoms with Crippen LogP contribution in [0.1, 0.15) is 6.92 Å². The van der Waals surface area contributed by atoms with Crippen molar-refractivity contribution in [3.63, 3.8) is 0 Å². The number of hydrogen-bond donors (Lipinski definition) is 0. The third-order valence-corrected chi connectivity index (χ3v) is 7.72. The summed E-state index contributed by atoms with van der Waals surface area (Å²) >= 11 is 8.82. The van der Waals surface area contributed by atoms with Gasteiger partial charge in [-0.2, -0.15) is 0 Å². The SMILES string of the molecule is CCN1CCN(C(=S)SCC(=O)N2c3ccccc3Sc3ccccc32)CC1. The van der Waals surface area contributed by atoms with Crippen molar-refractivity contribution < 1.29 is 4.79 Å². The van der Waals surface area contributed by atoms with Gasteiger partial charge < -0.3 is 9.80 Å². The van der Waals surface area contributed by atoms with Gasteiger partial charge in [0, 0.05) is 36.0 Å². The van der Waals surface area contributed by atoms with Crippen molar-refractivity contribution in [1.29, 1.82) is 0 Å². The largest absolute Gasteiger partial charge is 0.355 e. The molecule has 2 aliphatic heterocycles. The lowest BCUT2D eigenvalue weighted by molar-refractivity contribution is -0.115. The Morgan fingerprint density at radius 1 is 1.00 bits per heavy atom. The van der Waals surface area contributed by atoms with Gasteiger partial charge in [0.1, 0.15) is 4.32 Å². The highest BCUT2D eigenvalue weighted by molar-refractivity contribution is 8.23. The highest BCUT2D eigenvalue weighted by Crippen LogP contribution is 2.48. The summed E-state index contributed by atoms with van der Waals surface area (Å²) in [5.74, 6) is 0.417. The number of carbonyl (C=O) groups excluding carboxylic acids is 1. The molecule has 1 fully saturated rings. The van der Waals surface area contributed by atoms with E-state index in [4.69, 9.17) is 12.2 Å². The lowest BCUT2D eigenvalue weighted by atomic mass is 10.2. The van der Waals surface area contributed by atoms with Crippen molar-refractivity contribution in [3.05, 3.63) is 48.5 Å². The smallest absolute Gasteiger partial charge is 0.242 e. The van der Waals surface area contributed by atoms with Crippen LogP contribution in [0.15, 0.2) is 58.3 Å². The van der Waals surface area contributed by atoms with E-state index in [9.17, 15) is 4.79 Å². The molecule has 4 rings (SSSR count). The van der Waals surface area contributed by atoms with Crippen LogP contribution in [0.25, 0.3) is 0 Å². The third kappa shape index (κ3) is 4.08. The van der Waals surface area contributed by atoms with E-state index in [1.54, 1.807) is 11.8 Å². The number of fused-ring (bicyclic) bond motifs is 2. The minimum absolute atomic E-state index is 0.0692. The number of nitrogens with zero attached hydrogens (tertiary/aromatic N) is 3. The molecule has 0 N–H and O–H groups in total. The van der Waals surface area contributed by atoms with Gasteiger partial charge in [-0.05, 0) is 30.8 Å². The van der Waals surface area contributed by atoms with E-state index < -0.39 is 0 Å². The number of amides is 1. The van der Waals surface area contributed by atoms with Gasteiger partial charge in [-0.1, -0.05) is 66.9 Å². The number of likely N-dealkylation sites (N-methyl/N-ethyl adjacent to an activating group) is 1. The van der Waals surface area contributed by atoms with E-state index in [0.717, 1.165) is 58.2 Å². The number of rotatable bonds is 3. The molecule has 1 saturated heterocycles. The maximum absolute atomic E-state index is 13.2. The maximum Gasteiger partial charge on any atom is 0.242 e. The number of para-hydroxylation sites is 2. The number of carbonyl (C=O) groups is 1. The molecule has 1 amide bonds. The van der Waals surface area contributed by atoms with Crippen LogP contribution in [0.2, 0.25) is 0 Å². The maximum atomic E-state index is 13.2. The highest BCUT2D eigenvalue weighted by Gasteiger charge is 2.28. The first-order valence-corrected chi connectivity index (χ1v) is 11.7. The number of thiocarbonyl (C=S) groups is 1. The van der Waals surface area contributed by atoms with Crippen molar-refractivity contribution in [2.75, 3.05) is 43.4 Å². The number of anilines is 2. The Morgan fingerprint density at radius 3 is 2.14 bits per heavy atom. The van der Waals surface area contributed by atoms with Crippen molar-refractivity contribution in [2.24, 2.45) is 0 Å². The Bertz CT molecular complexity index is 835. The highest BCUT2D eigenvalue weighted by atomic mass is 32.2. The Morgan fingerprint density at radius 2 is 1.57 bits per heavy atom. The quantitative estimate of drug-likeness (QED) is 0.668. The van der Waals surface area contributed by atoms with Gasteiger partial charge in [0.25, 0.3) is 0 Å². The lowest BCUT2D eigenvalue weighted by Gasteiger charge is -2.35. The number of benzene rings is 2. The minimum atomic E-state index is 0.0692. The molecule has 0 atom stereocenters. The molecule has 2 aromatic carbocycles. The first kappa shape index (κ1) is 19.8. The van der Waals surface area contributed by atoms with E-state index >= 15 is 0 Å². The summed E-state index contributed by atoms with van der Waals surface area (Å²) < 4.78 is 0.831. The summed E-state index contributed by atoms with van der Waals surface area (Å²) in [5.41, 5.74) is 1.92. The average molecular weight is 430 g/mol. The zero-order valence-corrected chi connectivity index (χ0v) is 18.3. The standard InChI is InChI=1S/C21H23N3OS3/c1-2-22-11-13-23(14-12-22)21(26)27-15-20(25)24-16-7-3-5-9-18(16)28-19-10-6-4-8-17(19)24/h3-10H,2,11-15H2,1H3. The molecule has 146 valence electrons. The van der Waals surface area contributed by atoms with Gasteiger partial charge in [-0.25, -0.2) is 0 Å². The fraction of sp³-hybridized carbons (Fsp3) is 0.333. The predicted octanol–water partition coefficient (Wildman–Crippen LogP) is 4.47. The van der Waals surface area contributed by atoms with Crippen molar-refractivity contribution in [2.45, 2.75) is 16.7 Å². The number of thioether (sulfide) groups is 1. The van der Waals surface area contributed by atoms with Gasteiger partial charge in [0.05, 0.1) is 17.1 Å². The topological polar surface area (TPSA) is 26.8 Å². The second kappa shape index (κ2) is 8.86. The Balaban J connectivity index is 1.46. The van der Waals surface area contributed by atoms with Gasteiger partial charge in [-0.15, -0.1) is 0 Å². The zero-order chi connectivity index (χ0) is 19.5. The number of piperazine rings is 1. The predicted molar refractivity (Wildman–Crippen MR) is 123 cm³/mol. The molecule has 2 heterocycles. The molecule has 0 unspecified atom stereocenters. The first-order chi connectivity index (χ1) is 13.7. The normalized spacial score (nSPS) is 16.5. The Labute approximate surface area is 180 Å². The molecule has 4 nitrogen and oxygen atoms in total. The lowest BCUT2D eigenvalue weighted by Crippen LogP contribution is -2.47. The molecule has 0 radical (unpaired) electrons. The minimum Gasteiger partial charge on any atom is -0.355 e. The monoisotopic (exact) mass is 429 g/mol. The molecule has 7 heteroatoms. The van der Waals surface area contributed by atoms with Crippen LogP contribution in [0.4, 0.5) is 11.4 Å². The summed E-state index contributed by atoms with van der Waals surface area (Å²) in [5, 5.41) is 0. The fourth-order valence-corrected chi connectivity index (χ4v) is 5.66. The van der Waals surface area contributed by atoms with Gasteiger partial charge in [-0.3, -0.25) is 9.69 Å². The van der Waals surface area contributed by atoms with Crippen LogP contribution in [0, 0.1) is 0 Å². The summed E-state index contributed by atoms with van der Waals surface area (Å²) in [4.78, 5) is 21.9. The summed E-state index contributed by atoms with van der Waals surface area (Å²) in [6.45, 7) is 7.23. The van der Waals surface area contributed by atoms with E-state index in [-0.39, 0.29) is 5.91 Å². The second-order valence-corrected chi connectivity index (χ2v) is 9.44. The van der Waals surface area contributed by atoms with Crippen LogP contribution in [-0.4, -0.2) is 58.5 Å². The van der Waals surface area contributed by atoms with Crippen LogP contribution in [0.5, 0.6) is 0 Å². The van der Waals surface area contributed by atoms with E-state index in [1.807, 2.05) is 41.3 Å². The van der Waals surface area contributed by atoms with Crippen molar-refractivity contribution in [3.8, 4) is 0 Å². The number of hydrogen-bond acceptors (Lipinski definition) is 5. The molecule has 0 bridgehead atoms. The van der Waals surface area contributed by atoms with Gasteiger partial charge >= 0.3 is 0 Å². The van der Waals surface area contributed by atoms with Crippen LogP contribution >= 0.6 is 35.7 Å². The van der Waals surface area contributed by atoms with Crippen LogP contribution < -0.4 is 4.90 Å². The first-order valence-electron chi connectivity index (χ1n) is 9.50. The van der Waals surface area contributed by atoms with Crippen molar-refractivity contribution >= 4 is 57.3 Å². The van der Waals surface area contributed by atoms with E-state index in [0.29, 0.717) is 5.75 Å². The molecule has 0 aromatic heterocycles. The molecule has 28 heavy (non-hydrogen) atoms. The van der Waals surface area contributed by atoms with E-state index in [2.05, 4.69) is 28.9 Å². The second-order valence-electron chi connectivity index (χ2n) is 6.74. The molecule has 2 aliphatic rings. The summed E-state index contributed by atoms with van der Waals surface area (Å²) in [6, 6.07) is 16.2. The van der Waals surface area contributed by atoms with Crippen molar-refractivity contribution in [1.82, 2.24) is 9.80 Å². The molecule has 0 spiro atoms. The van der Waals surface area contributed by atoms with Gasteiger partial charge in [0.2, 0.25) is 5.91 Å². The summed E-state index contributed by atoms with van der Waals surface area (Å²) in [7, 11) is 0. The summed E-state index contributed by atoms with van der Waals surface area (Å²) in [6.07, 6.45) is 0. The van der Waals surface area contributed by atoms with Crippen LogP contribution in [-0.2, 0) is 4.79 Å². The van der Waals surface area contributed by atoms with E-state index in [1.165, 1.54) is 11.8 Å². The molecular weight excluding hydrogens is 406 g/mol.